The van der Waals surface area contributed by atoms with Crippen molar-refractivity contribution in [3.8, 4) is 0 Å². The maximum atomic E-state index is 13.3. The van der Waals surface area contributed by atoms with Gasteiger partial charge >= 0.3 is 0 Å². The van der Waals surface area contributed by atoms with Crippen molar-refractivity contribution < 1.29 is 19.8 Å². The summed E-state index contributed by atoms with van der Waals surface area (Å²) in [5.74, 6) is -0.807. The number of rotatable bonds is 6. The molecule has 0 spiro atoms. The highest BCUT2D eigenvalue weighted by molar-refractivity contribution is 7.15. The van der Waals surface area contributed by atoms with Crippen molar-refractivity contribution in [1.82, 2.24) is 9.97 Å². The van der Waals surface area contributed by atoms with Crippen LogP contribution in [0.3, 0.4) is 0 Å². The predicted molar refractivity (Wildman–Crippen MR) is 147 cm³/mol. The van der Waals surface area contributed by atoms with Crippen molar-refractivity contribution >= 4 is 45.6 Å². The Balaban J connectivity index is 1.49. The zero-order valence-electron chi connectivity index (χ0n) is 21.3. The van der Waals surface area contributed by atoms with Crippen molar-refractivity contribution in [2.24, 2.45) is 16.7 Å². The minimum atomic E-state index is -0.722. The second-order valence-corrected chi connectivity index (χ2v) is 12.3. The lowest BCUT2D eigenvalue weighted by Gasteiger charge is -2.58. The second kappa shape index (κ2) is 10.4. The van der Waals surface area contributed by atoms with E-state index in [4.69, 9.17) is 16.6 Å². The van der Waals surface area contributed by atoms with E-state index in [1.165, 1.54) is 23.6 Å². The number of nitrogens with one attached hydrogen (secondary N) is 2. The molecule has 2 aliphatic rings. The highest BCUT2D eigenvalue weighted by atomic mass is 35.5. The Kier molecular flexibility index (Phi) is 7.30. The fourth-order valence-electron chi connectivity index (χ4n) is 6.33. The monoisotopic (exact) mass is 554 g/mol. The standard InChI is InChI=1S/C28H31ClN4O4S/c1-27-10-8-21(35)28(2,15-34)20(27)14-19-24(18(27)13-23(36)31-17-6-4-3-5-7-17)32-26(38-19)33-25(37)16-9-11-30-22(29)12-16/h3-7,9,11-12,18,20-21,34-35H,8,10,13-15H2,1-2H3,(H,31,36)(H,32,33,37). The van der Waals surface area contributed by atoms with Crippen LogP contribution in [0.1, 0.15) is 60.0 Å². The van der Waals surface area contributed by atoms with Gasteiger partial charge in [-0.1, -0.05) is 43.6 Å². The van der Waals surface area contributed by atoms with E-state index < -0.39 is 11.5 Å². The van der Waals surface area contributed by atoms with Gasteiger partial charge < -0.3 is 15.5 Å². The lowest BCUT2D eigenvalue weighted by atomic mass is 9.47. The van der Waals surface area contributed by atoms with Crippen molar-refractivity contribution in [3.63, 3.8) is 0 Å². The Morgan fingerprint density at radius 1 is 1.18 bits per heavy atom. The number of carbonyl (C=O) groups is 2. The number of halogens is 1. The van der Waals surface area contributed by atoms with Crippen molar-refractivity contribution in [3.05, 3.63) is 69.9 Å². The number of pyridine rings is 1. The lowest BCUT2D eigenvalue weighted by Crippen LogP contribution is -2.57. The number of carbonyl (C=O) groups excluding carboxylic acids is 2. The summed E-state index contributed by atoms with van der Waals surface area (Å²) in [6.07, 6.45) is 2.86. The van der Waals surface area contributed by atoms with Gasteiger partial charge in [0.15, 0.2) is 5.13 Å². The number of aliphatic hydroxyl groups is 2. The second-order valence-electron chi connectivity index (χ2n) is 10.8. The average molecular weight is 555 g/mol. The minimum absolute atomic E-state index is 0.0752. The molecular weight excluding hydrogens is 524 g/mol. The Hall–Kier alpha value is -2.85. The minimum Gasteiger partial charge on any atom is -0.396 e. The Labute approximate surface area is 230 Å². The number of amides is 2. The molecule has 5 rings (SSSR count). The molecule has 0 aliphatic heterocycles. The number of aliphatic hydroxyl groups excluding tert-OH is 2. The molecule has 0 bridgehead atoms. The van der Waals surface area contributed by atoms with E-state index >= 15 is 0 Å². The van der Waals surface area contributed by atoms with Crippen LogP contribution in [0.2, 0.25) is 5.15 Å². The average Bonchev–Trinajstić information content (AvgIpc) is 3.30. The molecule has 0 saturated heterocycles. The van der Waals surface area contributed by atoms with Gasteiger partial charge in [-0.15, -0.1) is 11.3 Å². The summed E-state index contributed by atoms with van der Waals surface area (Å²) in [4.78, 5) is 35.9. The van der Waals surface area contributed by atoms with Crippen LogP contribution in [-0.2, 0) is 11.2 Å². The molecule has 1 aromatic carbocycles. The predicted octanol–water partition coefficient (Wildman–Crippen LogP) is 4.89. The van der Waals surface area contributed by atoms with Gasteiger partial charge in [0.25, 0.3) is 5.91 Å². The van der Waals surface area contributed by atoms with Crippen LogP contribution in [0.5, 0.6) is 0 Å². The lowest BCUT2D eigenvalue weighted by molar-refractivity contribution is -0.143. The molecule has 8 nitrogen and oxygen atoms in total. The van der Waals surface area contributed by atoms with Gasteiger partial charge in [-0.25, -0.2) is 9.97 Å². The number of nitrogens with zero attached hydrogens (tertiary/aromatic N) is 2. The topological polar surface area (TPSA) is 124 Å². The molecule has 5 unspecified atom stereocenters. The molecule has 10 heteroatoms. The van der Waals surface area contributed by atoms with Crippen LogP contribution >= 0.6 is 22.9 Å². The van der Waals surface area contributed by atoms with Crippen LogP contribution in [0.15, 0.2) is 48.7 Å². The van der Waals surface area contributed by atoms with Gasteiger partial charge in [0.1, 0.15) is 5.15 Å². The van der Waals surface area contributed by atoms with Crippen LogP contribution in [0, 0.1) is 16.7 Å². The highest BCUT2D eigenvalue weighted by Gasteiger charge is 2.59. The molecular formula is C28H31ClN4O4S. The molecule has 3 aromatic rings. The zero-order chi connectivity index (χ0) is 27.1. The summed E-state index contributed by atoms with van der Waals surface area (Å²) < 4.78 is 0. The third-order valence-corrected chi connectivity index (χ3v) is 9.77. The molecule has 2 amide bonds. The number of para-hydroxylation sites is 1. The van der Waals surface area contributed by atoms with E-state index in [1.807, 2.05) is 37.3 Å². The summed E-state index contributed by atoms with van der Waals surface area (Å²) in [5, 5.41) is 27.9. The zero-order valence-corrected chi connectivity index (χ0v) is 22.9. The Morgan fingerprint density at radius 3 is 2.66 bits per heavy atom. The van der Waals surface area contributed by atoms with Gasteiger partial charge in [-0.2, -0.15) is 0 Å². The molecule has 0 radical (unpaired) electrons. The first-order valence-electron chi connectivity index (χ1n) is 12.7. The Morgan fingerprint density at radius 2 is 1.95 bits per heavy atom. The quantitative estimate of drug-likeness (QED) is 0.322. The molecule has 5 atom stereocenters. The molecule has 1 saturated carbocycles. The number of hydrogen-bond donors (Lipinski definition) is 4. The summed E-state index contributed by atoms with van der Waals surface area (Å²) in [5.41, 5.74) is 0.785. The summed E-state index contributed by atoms with van der Waals surface area (Å²) in [6, 6.07) is 12.4. The van der Waals surface area contributed by atoms with Crippen molar-refractivity contribution in [1.29, 1.82) is 0 Å². The van der Waals surface area contributed by atoms with Gasteiger partial charge in [0.05, 0.1) is 18.4 Å². The highest BCUT2D eigenvalue weighted by Crippen LogP contribution is 2.62. The number of thiazole rings is 1. The number of hydrogen-bond acceptors (Lipinski definition) is 7. The fourth-order valence-corrected chi connectivity index (χ4v) is 7.57. The SMILES string of the molecule is CC1(CO)C(O)CCC2(C)C(CC(=O)Nc3ccccc3)c3nc(NC(=O)c4ccnc(Cl)c4)sc3CC12. The maximum Gasteiger partial charge on any atom is 0.257 e. The molecule has 200 valence electrons. The van der Waals surface area contributed by atoms with Crippen molar-refractivity contribution in [2.45, 2.75) is 51.6 Å². The largest absolute Gasteiger partial charge is 0.396 e. The number of anilines is 2. The first-order valence-corrected chi connectivity index (χ1v) is 13.9. The summed E-state index contributed by atoms with van der Waals surface area (Å²) >= 11 is 7.33. The van der Waals surface area contributed by atoms with E-state index in [0.717, 1.165) is 16.3 Å². The van der Waals surface area contributed by atoms with Crippen LogP contribution in [0.4, 0.5) is 10.8 Å². The van der Waals surface area contributed by atoms with Gasteiger partial charge in [-0.05, 0) is 54.9 Å². The number of benzene rings is 1. The van der Waals surface area contributed by atoms with E-state index in [2.05, 4.69) is 22.5 Å². The van der Waals surface area contributed by atoms with Gasteiger partial charge in [0.2, 0.25) is 5.91 Å². The normalized spacial score (nSPS) is 28.2. The molecule has 2 aliphatic carbocycles. The number of fused-ring (bicyclic) bond motifs is 2. The first-order chi connectivity index (χ1) is 18.1. The van der Waals surface area contributed by atoms with Gasteiger partial charge in [0, 0.05) is 40.1 Å². The van der Waals surface area contributed by atoms with Gasteiger partial charge in [-0.3, -0.25) is 14.9 Å². The molecule has 1 fully saturated rings. The third-order valence-electron chi connectivity index (χ3n) is 8.55. The van der Waals surface area contributed by atoms with E-state index in [1.54, 1.807) is 6.07 Å². The van der Waals surface area contributed by atoms with E-state index in [0.29, 0.717) is 30.0 Å². The van der Waals surface area contributed by atoms with Crippen molar-refractivity contribution in [2.75, 3.05) is 17.2 Å². The van der Waals surface area contributed by atoms with Crippen LogP contribution in [-0.4, -0.2) is 44.7 Å². The van der Waals surface area contributed by atoms with Crippen LogP contribution < -0.4 is 10.6 Å². The number of aromatic nitrogens is 2. The van der Waals surface area contributed by atoms with Crippen LogP contribution in [0.25, 0.3) is 0 Å². The first kappa shape index (κ1) is 26.7. The summed E-state index contributed by atoms with van der Waals surface area (Å²) in [6.45, 7) is 3.93. The smallest absolute Gasteiger partial charge is 0.257 e. The molecule has 2 aromatic heterocycles. The maximum absolute atomic E-state index is 13.3. The molecule has 2 heterocycles. The fraction of sp³-hybridized carbons (Fsp3) is 0.429. The molecule has 38 heavy (non-hydrogen) atoms. The van der Waals surface area contributed by atoms with E-state index in [9.17, 15) is 19.8 Å². The Bertz CT molecular complexity index is 1350. The third kappa shape index (κ3) is 4.84. The molecule has 4 N–H and O–H groups in total. The van der Waals surface area contributed by atoms with E-state index in [-0.39, 0.29) is 47.2 Å². The summed E-state index contributed by atoms with van der Waals surface area (Å²) in [7, 11) is 0.